The van der Waals surface area contributed by atoms with Crippen LogP contribution in [0.25, 0.3) is 11.0 Å². The maximum atomic E-state index is 6.20. The number of nitrogens with zero attached hydrogens (tertiary/aromatic N) is 2. The summed E-state index contributed by atoms with van der Waals surface area (Å²) in [6, 6.07) is 8.40. The maximum Gasteiger partial charge on any atom is 0.111 e. The molecule has 110 valence electrons. The van der Waals surface area contributed by atoms with Gasteiger partial charge in [0.05, 0.1) is 11.0 Å². The van der Waals surface area contributed by atoms with Crippen LogP contribution in [-0.4, -0.2) is 28.8 Å². The Kier molecular flexibility index (Phi) is 5.56. The Labute approximate surface area is 120 Å². The summed E-state index contributed by atoms with van der Waals surface area (Å²) in [5.74, 6) is 1.09. The van der Waals surface area contributed by atoms with Crippen LogP contribution < -0.4 is 5.73 Å². The number of aromatic nitrogens is 2. The third-order valence-corrected chi connectivity index (χ3v) is 3.46. The summed E-state index contributed by atoms with van der Waals surface area (Å²) in [5, 5.41) is 0. The van der Waals surface area contributed by atoms with Gasteiger partial charge in [0.1, 0.15) is 5.82 Å². The van der Waals surface area contributed by atoms with E-state index in [1.807, 2.05) is 13.0 Å². The summed E-state index contributed by atoms with van der Waals surface area (Å²) < 4.78 is 7.67. The number of para-hydroxylation sites is 2. The highest BCUT2D eigenvalue weighted by Crippen LogP contribution is 2.17. The van der Waals surface area contributed by atoms with E-state index in [2.05, 4.69) is 29.7 Å². The lowest BCUT2D eigenvalue weighted by Gasteiger charge is -2.13. The van der Waals surface area contributed by atoms with Crippen molar-refractivity contribution in [3.63, 3.8) is 0 Å². The number of benzene rings is 1. The van der Waals surface area contributed by atoms with E-state index >= 15 is 0 Å². The maximum absolute atomic E-state index is 6.20. The van der Waals surface area contributed by atoms with E-state index in [0.29, 0.717) is 0 Å². The van der Waals surface area contributed by atoms with Gasteiger partial charge in [0.2, 0.25) is 0 Å². The molecule has 0 aliphatic rings. The Morgan fingerprint density at radius 2 is 2.10 bits per heavy atom. The summed E-state index contributed by atoms with van der Waals surface area (Å²) in [6.07, 6.45) is 2.78. The van der Waals surface area contributed by atoms with Gasteiger partial charge in [-0.3, -0.25) is 0 Å². The molecule has 1 aromatic carbocycles. The molecule has 0 amide bonds. The van der Waals surface area contributed by atoms with Crippen LogP contribution in [0, 0.1) is 0 Å². The van der Waals surface area contributed by atoms with Gasteiger partial charge in [0.25, 0.3) is 0 Å². The average molecular weight is 275 g/mol. The van der Waals surface area contributed by atoms with Crippen molar-refractivity contribution in [2.45, 2.75) is 45.7 Å². The van der Waals surface area contributed by atoms with Gasteiger partial charge in [-0.05, 0) is 31.9 Å². The minimum Gasteiger partial charge on any atom is -0.382 e. The number of rotatable bonds is 8. The molecule has 1 heterocycles. The standard InChI is InChI=1S/C16H25N3O/c1-3-10-19-15-8-6-5-7-14(15)18-16(19)12-13(17)9-11-20-4-2/h5-8,13H,3-4,9-12,17H2,1-2H3. The Morgan fingerprint density at radius 1 is 1.30 bits per heavy atom. The SMILES string of the molecule is CCCn1c(CC(N)CCOCC)nc2ccccc21. The first kappa shape index (κ1) is 15.0. The second-order valence-corrected chi connectivity index (χ2v) is 5.12. The van der Waals surface area contributed by atoms with Gasteiger partial charge < -0.3 is 15.0 Å². The largest absolute Gasteiger partial charge is 0.382 e. The highest BCUT2D eigenvalue weighted by molar-refractivity contribution is 5.75. The molecule has 2 N–H and O–H groups in total. The fourth-order valence-electron chi connectivity index (χ4n) is 2.47. The van der Waals surface area contributed by atoms with Crippen molar-refractivity contribution in [3.8, 4) is 0 Å². The van der Waals surface area contributed by atoms with Gasteiger partial charge in [-0.15, -0.1) is 0 Å². The minimum absolute atomic E-state index is 0.106. The molecule has 20 heavy (non-hydrogen) atoms. The van der Waals surface area contributed by atoms with E-state index < -0.39 is 0 Å². The third-order valence-electron chi connectivity index (χ3n) is 3.46. The molecule has 0 spiro atoms. The molecule has 1 aromatic heterocycles. The highest BCUT2D eigenvalue weighted by Gasteiger charge is 2.13. The molecular weight excluding hydrogens is 250 g/mol. The summed E-state index contributed by atoms with van der Waals surface area (Å²) >= 11 is 0. The van der Waals surface area contributed by atoms with Gasteiger partial charge >= 0.3 is 0 Å². The van der Waals surface area contributed by atoms with Crippen molar-refractivity contribution in [1.29, 1.82) is 0 Å². The molecule has 0 bridgehead atoms. The number of nitrogens with two attached hydrogens (primary N) is 1. The topological polar surface area (TPSA) is 53.1 Å². The molecular formula is C16H25N3O. The van der Waals surface area contributed by atoms with E-state index in [0.717, 1.165) is 50.4 Å². The normalized spacial score (nSPS) is 12.9. The van der Waals surface area contributed by atoms with Crippen LogP contribution in [0.3, 0.4) is 0 Å². The van der Waals surface area contributed by atoms with Crippen molar-refractivity contribution >= 4 is 11.0 Å². The van der Waals surface area contributed by atoms with Crippen LogP contribution in [0.4, 0.5) is 0 Å². The Hall–Kier alpha value is -1.39. The number of hydrogen-bond donors (Lipinski definition) is 1. The predicted octanol–water partition coefficient (Wildman–Crippen LogP) is 2.74. The van der Waals surface area contributed by atoms with E-state index in [1.165, 1.54) is 5.52 Å². The summed E-state index contributed by atoms with van der Waals surface area (Å²) in [5.41, 5.74) is 8.47. The van der Waals surface area contributed by atoms with Crippen LogP contribution in [0.2, 0.25) is 0 Å². The molecule has 1 atom stereocenters. The first-order chi connectivity index (χ1) is 9.76. The molecule has 2 aromatic rings. The molecule has 4 nitrogen and oxygen atoms in total. The number of fused-ring (bicyclic) bond motifs is 1. The number of aryl methyl sites for hydroxylation is 1. The number of ether oxygens (including phenoxy) is 1. The Morgan fingerprint density at radius 3 is 2.85 bits per heavy atom. The summed E-state index contributed by atoms with van der Waals surface area (Å²) in [7, 11) is 0. The fourth-order valence-corrected chi connectivity index (χ4v) is 2.47. The molecule has 0 aliphatic carbocycles. The molecule has 0 aliphatic heterocycles. The fraction of sp³-hybridized carbons (Fsp3) is 0.562. The van der Waals surface area contributed by atoms with Gasteiger partial charge in [-0.1, -0.05) is 19.1 Å². The zero-order chi connectivity index (χ0) is 14.4. The third kappa shape index (κ3) is 3.58. The van der Waals surface area contributed by atoms with Crippen molar-refractivity contribution in [2.75, 3.05) is 13.2 Å². The smallest absolute Gasteiger partial charge is 0.111 e. The Balaban J connectivity index is 2.13. The van der Waals surface area contributed by atoms with E-state index in [-0.39, 0.29) is 6.04 Å². The van der Waals surface area contributed by atoms with Crippen LogP contribution in [0.1, 0.15) is 32.5 Å². The summed E-state index contributed by atoms with van der Waals surface area (Å²) in [4.78, 5) is 4.74. The highest BCUT2D eigenvalue weighted by atomic mass is 16.5. The van der Waals surface area contributed by atoms with Crippen molar-refractivity contribution < 1.29 is 4.74 Å². The lowest BCUT2D eigenvalue weighted by Crippen LogP contribution is -2.26. The van der Waals surface area contributed by atoms with E-state index in [1.54, 1.807) is 0 Å². The van der Waals surface area contributed by atoms with Crippen molar-refractivity contribution in [3.05, 3.63) is 30.1 Å². The zero-order valence-corrected chi connectivity index (χ0v) is 12.5. The van der Waals surface area contributed by atoms with Gasteiger partial charge in [-0.25, -0.2) is 4.98 Å². The lowest BCUT2D eigenvalue weighted by atomic mass is 10.1. The van der Waals surface area contributed by atoms with E-state index in [9.17, 15) is 0 Å². The second-order valence-electron chi connectivity index (χ2n) is 5.12. The van der Waals surface area contributed by atoms with Crippen molar-refractivity contribution in [1.82, 2.24) is 9.55 Å². The summed E-state index contributed by atoms with van der Waals surface area (Å²) in [6.45, 7) is 6.67. The molecule has 0 saturated heterocycles. The van der Waals surface area contributed by atoms with Crippen LogP contribution >= 0.6 is 0 Å². The van der Waals surface area contributed by atoms with Crippen LogP contribution in [0.5, 0.6) is 0 Å². The second kappa shape index (κ2) is 7.41. The number of hydrogen-bond acceptors (Lipinski definition) is 3. The van der Waals surface area contributed by atoms with Crippen LogP contribution in [-0.2, 0) is 17.7 Å². The molecule has 2 rings (SSSR count). The van der Waals surface area contributed by atoms with Crippen molar-refractivity contribution in [2.24, 2.45) is 5.73 Å². The van der Waals surface area contributed by atoms with Crippen LogP contribution in [0.15, 0.2) is 24.3 Å². The quantitative estimate of drug-likeness (QED) is 0.754. The molecule has 4 heteroatoms. The molecule has 0 saturated carbocycles. The lowest BCUT2D eigenvalue weighted by molar-refractivity contribution is 0.139. The van der Waals surface area contributed by atoms with E-state index in [4.69, 9.17) is 15.5 Å². The van der Waals surface area contributed by atoms with Gasteiger partial charge in [-0.2, -0.15) is 0 Å². The number of imidazole rings is 1. The Bertz CT molecular complexity index is 536. The first-order valence-electron chi connectivity index (χ1n) is 7.53. The first-order valence-corrected chi connectivity index (χ1v) is 7.53. The van der Waals surface area contributed by atoms with Gasteiger partial charge in [0.15, 0.2) is 0 Å². The molecule has 1 unspecified atom stereocenters. The monoisotopic (exact) mass is 275 g/mol. The predicted molar refractivity (Wildman–Crippen MR) is 82.8 cm³/mol. The average Bonchev–Trinajstić information content (AvgIpc) is 2.78. The zero-order valence-electron chi connectivity index (χ0n) is 12.5. The molecule has 0 radical (unpaired) electrons. The molecule has 0 fully saturated rings. The minimum atomic E-state index is 0.106. The van der Waals surface area contributed by atoms with Gasteiger partial charge in [0, 0.05) is 32.2 Å².